The molecule has 0 atom stereocenters. The topological polar surface area (TPSA) is 57.8 Å². The van der Waals surface area contributed by atoms with Gasteiger partial charge in [0.25, 0.3) is 0 Å². The molecule has 0 fully saturated rings. The largest absolute Gasteiger partial charge is 0.345 e. The van der Waals surface area contributed by atoms with Gasteiger partial charge in [0.15, 0.2) is 0 Å². The Labute approximate surface area is 138 Å². The fourth-order valence-corrected chi connectivity index (χ4v) is 2.19. The van der Waals surface area contributed by atoms with Gasteiger partial charge in [-0.3, -0.25) is 4.79 Å². The lowest BCUT2D eigenvalue weighted by molar-refractivity contribution is -0.111. The number of aromatic nitrogens is 2. The van der Waals surface area contributed by atoms with Crippen molar-refractivity contribution in [3.63, 3.8) is 0 Å². The highest BCUT2D eigenvalue weighted by Gasteiger charge is 2.01. The third kappa shape index (κ3) is 4.08. The number of halogens is 1. The molecule has 4 nitrogen and oxygen atoms in total. The zero-order chi connectivity index (χ0) is 16.1. The fraction of sp³-hybridized carbons (Fsp3) is 0. The van der Waals surface area contributed by atoms with Crippen molar-refractivity contribution in [3.05, 3.63) is 77.6 Å². The van der Waals surface area contributed by atoms with Crippen molar-refractivity contribution in [3.8, 4) is 11.4 Å². The van der Waals surface area contributed by atoms with Gasteiger partial charge < -0.3 is 10.3 Å². The summed E-state index contributed by atoms with van der Waals surface area (Å²) in [6.45, 7) is 0. The van der Waals surface area contributed by atoms with Crippen LogP contribution in [0.25, 0.3) is 17.5 Å². The Morgan fingerprint density at radius 3 is 2.48 bits per heavy atom. The molecule has 2 N–H and O–H groups in total. The van der Waals surface area contributed by atoms with Crippen LogP contribution in [0.5, 0.6) is 0 Å². The molecule has 1 heterocycles. The maximum Gasteiger partial charge on any atom is 0.248 e. The minimum Gasteiger partial charge on any atom is -0.345 e. The number of H-pyrrole nitrogens is 1. The van der Waals surface area contributed by atoms with Gasteiger partial charge >= 0.3 is 0 Å². The van der Waals surface area contributed by atoms with Gasteiger partial charge in [0, 0.05) is 34.7 Å². The number of nitrogens with one attached hydrogen (secondary N) is 2. The number of nitrogens with zero attached hydrogens (tertiary/aromatic N) is 1. The molecule has 0 bridgehead atoms. The minimum atomic E-state index is -0.189. The van der Waals surface area contributed by atoms with Gasteiger partial charge in [-0.2, -0.15) is 0 Å². The average Bonchev–Trinajstić information content (AvgIpc) is 3.09. The number of carbonyl (C=O) groups excluding carboxylic acids is 1. The number of carbonyl (C=O) groups is 1. The molecule has 5 heteroatoms. The molecule has 0 radical (unpaired) electrons. The van der Waals surface area contributed by atoms with Crippen LogP contribution in [0.3, 0.4) is 0 Å². The fourth-order valence-electron chi connectivity index (χ4n) is 2.06. The van der Waals surface area contributed by atoms with E-state index < -0.39 is 0 Å². The second-order valence-electron chi connectivity index (χ2n) is 4.89. The van der Waals surface area contributed by atoms with E-state index in [2.05, 4.69) is 15.3 Å². The van der Waals surface area contributed by atoms with Crippen LogP contribution in [0.15, 0.2) is 67.0 Å². The molecule has 0 aliphatic rings. The molecule has 114 valence electrons. The van der Waals surface area contributed by atoms with E-state index >= 15 is 0 Å². The number of hydrogen-bond acceptors (Lipinski definition) is 2. The Bertz CT molecular complexity index is 806. The predicted molar refractivity (Wildman–Crippen MR) is 93.1 cm³/mol. The molecule has 3 aromatic rings. The monoisotopic (exact) mass is 323 g/mol. The summed E-state index contributed by atoms with van der Waals surface area (Å²) in [5, 5.41) is 3.48. The second-order valence-corrected chi connectivity index (χ2v) is 5.33. The summed E-state index contributed by atoms with van der Waals surface area (Å²) >= 11 is 5.82. The van der Waals surface area contributed by atoms with Crippen molar-refractivity contribution in [2.45, 2.75) is 0 Å². The zero-order valence-electron chi connectivity index (χ0n) is 12.2. The summed E-state index contributed by atoms with van der Waals surface area (Å²) in [6.07, 6.45) is 6.70. The Balaban J connectivity index is 1.62. The number of imidazole rings is 1. The smallest absolute Gasteiger partial charge is 0.248 e. The number of amides is 1. The van der Waals surface area contributed by atoms with Crippen molar-refractivity contribution in [2.24, 2.45) is 0 Å². The van der Waals surface area contributed by atoms with Crippen LogP contribution in [0.4, 0.5) is 5.69 Å². The van der Waals surface area contributed by atoms with E-state index in [1.165, 1.54) is 6.08 Å². The molecule has 3 rings (SSSR count). The van der Waals surface area contributed by atoms with Gasteiger partial charge in [-0.15, -0.1) is 0 Å². The van der Waals surface area contributed by atoms with Crippen LogP contribution in [-0.2, 0) is 4.79 Å². The van der Waals surface area contributed by atoms with Gasteiger partial charge in [0.05, 0.1) is 0 Å². The molecule has 0 unspecified atom stereocenters. The summed E-state index contributed by atoms with van der Waals surface area (Å²) in [4.78, 5) is 19.1. The average molecular weight is 324 g/mol. The van der Waals surface area contributed by atoms with Crippen LogP contribution in [0.2, 0.25) is 5.02 Å². The molecule has 1 aromatic heterocycles. The molecule has 2 aromatic carbocycles. The first-order valence-electron chi connectivity index (χ1n) is 7.05. The number of hydrogen-bond donors (Lipinski definition) is 2. The van der Waals surface area contributed by atoms with Gasteiger partial charge in [0.2, 0.25) is 5.91 Å². The van der Waals surface area contributed by atoms with Crippen LogP contribution < -0.4 is 5.32 Å². The van der Waals surface area contributed by atoms with E-state index in [9.17, 15) is 4.79 Å². The predicted octanol–water partition coefficient (Wildman–Crippen LogP) is 4.38. The zero-order valence-corrected chi connectivity index (χ0v) is 12.9. The lowest BCUT2D eigenvalue weighted by atomic mass is 10.2. The number of benzene rings is 2. The van der Waals surface area contributed by atoms with E-state index in [1.54, 1.807) is 30.6 Å². The normalized spacial score (nSPS) is 10.8. The van der Waals surface area contributed by atoms with Crippen LogP contribution in [0.1, 0.15) is 5.56 Å². The Morgan fingerprint density at radius 2 is 1.83 bits per heavy atom. The third-order valence-electron chi connectivity index (χ3n) is 3.22. The lowest BCUT2D eigenvalue weighted by Crippen LogP contribution is -2.07. The van der Waals surface area contributed by atoms with E-state index in [0.717, 1.165) is 22.6 Å². The Hall–Kier alpha value is -2.85. The molecule has 0 saturated carbocycles. The SMILES string of the molecule is O=C(C=Cc1ccc(Cl)cc1)Nc1ccc(-c2ncc[nH]2)cc1. The van der Waals surface area contributed by atoms with E-state index in [1.807, 2.05) is 36.4 Å². The van der Waals surface area contributed by atoms with E-state index in [0.29, 0.717) is 5.02 Å². The third-order valence-corrected chi connectivity index (χ3v) is 3.47. The lowest BCUT2D eigenvalue weighted by Gasteiger charge is -2.03. The maximum atomic E-state index is 11.9. The highest BCUT2D eigenvalue weighted by atomic mass is 35.5. The molecular formula is C18H14ClN3O. The van der Waals surface area contributed by atoms with Crippen LogP contribution in [-0.4, -0.2) is 15.9 Å². The molecule has 0 spiro atoms. The molecule has 23 heavy (non-hydrogen) atoms. The van der Waals surface area contributed by atoms with Crippen molar-refractivity contribution in [1.82, 2.24) is 9.97 Å². The Kier molecular flexibility index (Phi) is 4.54. The molecule has 1 amide bonds. The number of aromatic amines is 1. The molecule has 0 saturated heterocycles. The summed E-state index contributed by atoms with van der Waals surface area (Å²) in [5.74, 6) is 0.608. The van der Waals surface area contributed by atoms with Crippen molar-refractivity contribution < 1.29 is 4.79 Å². The van der Waals surface area contributed by atoms with Gasteiger partial charge in [-0.05, 0) is 48.0 Å². The first-order chi connectivity index (χ1) is 11.2. The van der Waals surface area contributed by atoms with Gasteiger partial charge in [0.1, 0.15) is 5.82 Å². The first-order valence-corrected chi connectivity index (χ1v) is 7.43. The molecule has 0 aliphatic heterocycles. The van der Waals surface area contributed by atoms with Crippen molar-refractivity contribution >= 4 is 29.3 Å². The summed E-state index contributed by atoms with van der Waals surface area (Å²) in [6, 6.07) is 14.7. The highest BCUT2D eigenvalue weighted by Crippen LogP contribution is 2.17. The van der Waals surface area contributed by atoms with E-state index in [4.69, 9.17) is 11.6 Å². The second kappa shape index (κ2) is 6.94. The number of anilines is 1. The quantitative estimate of drug-likeness (QED) is 0.700. The van der Waals surface area contributed by atoms with Crippen molar-refractivity contribution in [1.29, 1.82) is 0 Å². The maximum absolute atomic E-state index is 11.9. The minimum absolute atomic E-state index is 0.189. The highest BCUT2D eigenvalue weighted by molar-refractivity contribution is 6.30. The van der Waals surface area contributed by atoms with Crippen LogP contribution in [0, 0.1) is 0 Å². The Morgan fingerprint density at radius 1 is 1.09 bits per heavy atom. The molecular weight excluding hydrogens is 310 g/mol. The van der Waals surface area contributed by atoms with E-state index in [-0.39, 0.29) is 5.91 Å². The van der Waals surface area contributed by atoms with Gasteiger partial charge in [-0.1, -0.05) is 23.7 Å². The molecule has 0 aliphatic carbocycles. The number of rotatable bonds is 4. The first kappa shape index (κ1) is 15.1. The van der Waals surface area contributed by atoms with Gasteiger partial charge in [-0.25, -0.2) is 4.98 Å². The van der Waals surface area contributed by atoms with Crippen LogP contribution >= 0.6 is 11.6 Å². The standard InChI is InChI=1S/C18H14ClN3O/c19-15-6-1-13(2-7-15)3-10-17(23)22-16-8-4-14(5-9-16)18-20-11-12-21-18/h1-12H,(H,20,21)(H,22,23). The summed E-state index contributed by atoms with van der Waals surface area (Å²) in [5.41, 5.74) is 2.61. The summed E-state index contributed by atoms with van der Waals surface area (Å²) in [7, 11) is 0. The van der Waals surface area contributed by atoms with Crippen molar-refractivity contribution in [2.75, 3.05) is 5.32 Å². The summed E-state index contributed by atoms with van der Waals surface area (Å²) < 4.78 is 0.